The standard InChI is InChI=1S/C21H27NO2/c1-24-19-5-3-2-4-18(19)6-7-20(23)22-14-21-11-15-8-16(12-21)10-17(9-15)13-21/h2-7,15-17H,8-14H2,1H3,(H,22,23)/b7-6+. The number of nitrogens with one attached hydrogen (secondary N) is 1. The van der Waals surface area contributed by atoms with Crippen molar-refractivity contribution < 1.29 is 9.53 Å². The van der Waals surface area contributed by atoms with Gasteiger partial charge in [-0.25, -0.2) is 0 Å². The number of ether oxygens (including phenoxy) is 1. The molecule has 0 unspecified atom stereocenters. The second kappa shape index (κ2) is 6.27. The Labute approximate surface area is 144 Å². The van der Waals surface area contributed by atoms with Crippen LogP contribution in [0.5, 0.6) is 5.75 Å². The molecule has 0 atom stereocenters. The highest BCUT2D eigenvalue weighted by Gasteiger charge is 2.50. The van der Waals surface area contributed by atoms with Gasteiger partial charge < -0.3 is 10.1 Å². The molecule has 4 fully saturated rings. The third kappa shape index (κ3) is 3.09. The lowest BCUT2D eigenvalue weighted by molar-refractivity contribution is -0.118. The van der Waals surface area contributed by atoms with Crippen LogP contribution in [-0.4, -0.2) is 19.6 Å². The molecule has 1 aromatic rings. The lowest BCUT2D eigenvalue weighted by Gasteiger charge is -2.56. The molecule has 3 nitrogen and oxygen atoms in total. The number of carbonyl (C=O) groups excluding carboxylic acids is 1. The number of amides is 1. The van der Waals surface area contributed by atoms with E-state index in [4.69, 9.17) is 4.74 Å². The van der Waals surface area contributed by atoms with Gasteiger partial charge in [0, 0.05) is 18.2 Å². The van der Waals surface area contributed by atoms with Crippen LogP contribution in [0, 0.1) is 23.2 Å². The van der Waals surface area contributed by atoms with Crippen molar-refractivity contribution in [2.75, 3.05) is 13.7 Å². The minimum Gasteiger partial charge on any atom is -0.496 e. The van der Waals surface area contributed by atoms with Crippen LogP contribution in [0.25, 0.3) is 6.08 Å². The lowest BCUT2D eigenvalue weighted by atomic mass is 9.49. The first kappa shape index (κ1) is 15.7. The van der Waals surface area contributed by atoms with E-state index in [1.807, 2.05) is 30.3 Å². The topological polar surface area (TPSA) is 38.3 Å². The molecule has 1 amide bonds. The van der Waals surface area contributed by atoms with Crippen LogP contribution in [0.3, 0.4) is 0 Å². The maximum absolute atomic E-state index is 12.3. The molecule has 4 aliphatic carbocycles. The highest BCUT2D eigenvalue weighted by molar-refractivity contribution is 5.92. The number of benzene rings is 1. The molecule has 24 heavy (non-hydrogen) atoms. The van der Waals surface area contributed by atoms with Crippen LogP contribution in [0.2, 0.25) is 0 Å². The van der Waals surface area contributed by atoms with Crippen molar-refractivity contribution >= 4 is 12.0 Å². The minimum atomic E-state index is 0.0108. The highest BCUT2D eigenvalue weighted by atomic mass is 16.5. The van der Waals surface area contributed by atoms with Gasteiger partial charge in [-0.15, -0.1) is 0 Å². The molecule has 0 radical (unpaired) electrons. The van der Waals surface area contributed by atoms with Crippen LogP contribution < -0.4 is 10.1 Å². The predicted molar refractivity (Wildman–Crippen MR) is 95.6 cm³/mol. The predicted octanol–water partition coefficient (Wildman–Crippen LogP) is 4.04. The van der Waals surface area contributed by atoms with Crippen LogP contribution in [0.1, 0.15) is 44.1 Å². The van der Waals surface area contributed by atoms with Crippen LogP contribution in [0.15, 0.2) is 30.3 Å². The fourth-order valence-electron chi connectivity index (χ4n) is 5.81. The van der Waals surface area contributed by atoms with Gasteiger partial charge in [0.05, 0.1) is 7.11 Å². The Morgan fingerprint density at radius 2 is 1.79 bits per heavy atom. The van der Waals surface area contributed by atoms with E-state index in [9.17, 15) is 4.79 Å². The second-order valence-electron chi connectivity index (χ2n) is 8.21. The van der Waals surface area contributed by atoms with E-state index < -0.39 is 0 Å². The largest absolute Gasteiger partial charge is 0.496 e. The molecular weight excluding hydrogens is 298 g/mol. The van der Waals surface area contributed by atoms with Gasteiger partial charge in [-0.2, -0.15) is 0 Å². The summed E-state index contributed by atoms with van der Waals surface area (Å²) in [5.74, 6) is 3.59. The molecule has 0 aliphatic heterocycles. The van der Waals surface area contributed by atoms with Crippen molar-refractivity contribution in [3.8, 4) is 5.75 Å². The Hall–Kier alpha value is -1.77. The molecule has 4 bridgehead atoms. The number of para-hydroxylation sites is 1. The van der Waals surface area contributed by atoms with Crippen molar-refractivity contribution in [1.29, 1.82) is 0 Å². The molecule has 0 saturated heterocycles. The number of methoxy groups -OCH3 is 1. The first-order valence-electron chi connectivity index (χ1n) is 9.25. The molecule has 0 aromatic heterocycles. The Morgan fingerprint density at radius 1 is 1.17 bits per heavy atom. The van der Waals surface area contributed by atoms with Crippen LogP contribution >= 0.6 is 0 Å². The second-order valence-corrected chi connectivity index (χ2v) is 8.21. The summed E-state index contributed by atoms with van der Waals surface area (Å²) in [7, 11) is 1.65. The Balaban J connectivity index is 1.36. The fourth-order valence-corrected chi connectivity index (χ4v) is 5.81. The summed E-state index contributed by atoms with van der Waals surface area (Å²) in [6, 6.07) is 7.76. The SMILES string of the molecule is COc1ccccc1/C=C/C(=O)NCC12CC3CC(CC(C3)C1)C2. The molecule has 0 spiro atoms. The zero-order valence-corrected chi connectivity index (χ0v) is 14.5. The monoisotopic (exact) mass is 325 g/mol. The number of rotatable bonds is 5. The minimum absolute atomic E-state index is 0.0108. The quantitative estimate of drug-likeness (QED) is 0.830. The van der Waals surface area contributed by atoms with Gasteiger partial charge in [0.15, 0.2) is 0 Å². The maximum atomic E-state index is 12.3. The summed E-state index contributed by atoms with van der Waals surface area (Å²) in [5, 5.41) is 3.18. The van der Waals surface area contributed by atoms with Gasteiger partial charge in [0.25, 0.3) is 0 Å². The van der Waals surface area contributed by atoms with Gasteiger partial charge >= 0.3 is 0 Å². The van der Waals surface area contributed by atoms with Gasteiger partial charge in [-0.3, -0.25) is 4.79 Å². The van der Waals surface area contributed by atoms with Crippen LogP contribution in [0.4, 0.5) is 0 Å². The van der Waals surface area contributed by atoms with E-state index in [2.05, 4.69) is 5.32 Å². The average molecular weight is 325 g/mol. The fraction of sp³-hybridized carbons (Fsp3) is 0.571. The molecule has 128 valence electrons. The van der Waals surface area contributed by atoms with Gasteiger partial charge in [-0.1, -0.05) is 18.2 Å². The normalized spacial score (nSPS) is 33.8. The molecular formula is C21H27NO2. The third-order valence-electron chi connectivity index (χ3n) is 6.36. The zero-order valence-electron chi connectivity index (χ0n) is 14.5. The van der Waals surface area contributed by atoms with E-state index >= 15 is 0 Å². The average Bonchev–Trinajstić information content (AvgIpc) is 2.57. The van der Waals surface area contributed by atoms with E-state index in [0.29, 0.717) is 5.41 Å². The Kier molecular flexibility index (Phi) is 4.11. The summed E-state index contributed by atoms with van der Waals surface area (Å²) in [4.78, 5) is 12.3. The van der Waals surface area contributed by atoms with Crippen molar-refractivity contribution in [3.05, 3.63) is 35.9 Å². The van der Waals surface area contributed by atoms with Crippen molar-refractivity contribution in [2.24, 2.45) is 23.2 Å². The van der Waals surface area contributed by atoms with Crippen molar-refractivity contribution in [2.45, 2.75) is 38.5 Å². The third-order valence-corrected chi connectivity index (χ3v) is 6.36. The Morgan fingerprint density at radius 3 is 2.42 bits per heavy atom. The smallest absolute Gasteiger partial charge is 0.244 e. The molecule has 4 saturated carbocycles. The lowest BCUT2D eigenvalue weighted by Crippen LogP contribution is -2.51. The van der Waals surface area contributed by atoms with Gasteiger partial charge in [0.2, 0.25) is 5.91 Å². The number of carbonyl (C=O) groups is 1. The molecule has 3 heteroatoms. The van der Waals surface area contributed by atoms with E-state index in [1.54, 1.807) is 13.2 Å². The first-order valence-corrected chi connectivity index (χ1v) is 9.25. The molecule has 1 aromatic carbocycles. The zero-order chi connectivity index (χ0) is 16.6. The summed E-state index contributed by atoms with van der Waals surface area (Å²) in [6.07, 6.45) is 11.8. The maximum Gasteiger partial charge on any atom is 0.244 e. The van der Waals surface area contributed by atoms with Gasteiger partial charge in [-0.05, 0) is 73.8 Å². The summed E-state index contributed by atoms with van der Waals surface area (Å²) >= 11 is 0. The molecule has 5 rings (SSSR count). The highest BCUT2D eigenvalue weighted by Crippen LogP contribution is 2.59. The summed E-state index contributed by atoms with van der Waals surface area (Å²) in [6.45, 7) is 0.853. The van der Waals surface area contributed by atoms with Gasteiger partial charge in [0.1, 0.15) is 5.75 Å². The summed E-state index contributed by atoms with van der Waals surface area (Å²) in [5.41, 5.74) is 1.33. The molecule has 1 N–H and O–H groups in total. The molecule has 4 aliphatic rings. The molecule has 0 heterocycles. The first-order chi connectivity index (χ1) is 11.7. The number of hydrogen-bond donors (Lipinski definition) is 1. The number of hydrogen-bond acceptors (Lipinski definition) is 2. The summed E-state index contributed by atoms with van der Waals surface area (Å²) < 4.78 is 5.32. The van der Waals surface area contributed by atoms with Crippen LogP contribution in [-0.2, 0) is 4.79 Å². The Bertz CT molecular complexity index is 614. The van der Waals surface area contributed by atoms with E-state index in [0.717, 1.165) is 35.6 Å². The van der Waals surface area contributed by atoms with E-state index in [-0.39, 0.29) is 5.91 Å². The van der Waals surface area contributed by atoms with Crippen molar-refractivity contribution in [1.82, 2.24) is 5.32 Å². The van der Waals surface area contributed by atoms with Crippen molar-refractivity contribution in [3.63, 3.8) is 0 Å². The van der Waals surface area contributed by atoms with E-state index in [1.165, 1.54) is 38.5 Å².